The monoisotopic (exact) mass is 522 g/mol. The number of aromatic amines is 1. The standard InChI is InChI=1S/C32H34N4O3/c33-31(37)14-13-24-9-11-25(12-10-24)22-35(17-15-27-21-34-30-8-4-3-7-29(27)30)19-20-39-32(38)36-18-16-26-5-1-2-6-28(26)23-36/h1-14,21,34H,15-20,22-23H2,(H2,33,37)/b14-13+. The van der Waals surface area contributed by atoms with Crippen molar-refractivity contribution >= 4 is 29.0 Å². The van der Waals surface area contributed by atoms with E-state index in [1.165, 1.54) is 28.2 Å². The highest BCUT2D eigenvalue weighted by atomic mass is 16.6. The Morgan fingerprint density at radius 1 is 0.974 bits per heavy atom. The number of para-hydroxylation sites is 1. The van der Waals surface area contributed by atoms with Crippen LogP contribution in [0.4, 0.5) is 4.79 Å². The molecule has 2 amide bonds. The Morgan fingerprint density at radius 2 is 1.74 bits per heavy atom. The summed E-state index contributed by atoms with van der Waals surface area (Å²) in [7, 11) is 0. The Balaban J connectivity index is 1.21. The van der Waals surface area contributed by atoms with Gasteiger partial charge >= 0.3 is 6.09 Å². The lowest BCUT2D eigenvalue weighted by atomic mass is 10.0. The molecule has 0 fully saturated rings. The van der Waals surface area contributed by atoms with Crippen LogP contribution in [0.15, 0.2) is 85.1 Å². The number of amides is 2. The van der Waals surface area contributed by atoms with E-state index < -0.39 is 5.91 Å². The lowest BCUT2D eigenvalue weighted by Gasteiger charge is -2.28. The first-order valence-corrected chi connectivity index (χ1v) is 13.4. The molecule has 0 unspecified atom stereocenters. The quantitative estimate of drug-likeness (QED) is 0.290. The molecule has 1 aliphatic rings. The van der Waals surface area contributed by atoms with Gasteiger partial charge in [-0.2, -0.15) is 0 Å². The summed E-state index contributed by atoms with van der Waals surface area (Å²) >= 11 is 0. The summed E-state index contributed by atoms with van der Waals surface area (Å²) in [6, 6.07) is 24.6. The van der Waals surface area contributed by atoms with Gasteiger partial charge in [-0.15, -0.1) is 0 Å². The second-order valence-corrected chi connectivity index (χ2v) is 9.92. The van der Waals surface area contributed by atoms with Gasteiger partial charge in [-0.05, 0) is 52.8 Å². The lowest BCUT2D eigenvalue weighted by Crippen LogP contribution is -2.38. The van der Waals surface area contributed by atoms with E-state index in [1.54, 1.807) is 11.0 Å². The Labute approximate surface area is 228 Å². The number of primary amides is 1. The molecular formula is C32H34N4O3. The summed E-state index contributed by atoms with van der Waals surface area (Å²) in [4.78, 5) is 31.3. The highest BCUT2D eigenvalue weighted by Gasteiger charge is 2.21. The summed E-state index contributed by atoms with van der Waals surface area (Å²) in [6.45, 7) is 3.76. The number of aromatic nitrogens is 1. The molecule has 4 aromatic rings. The van der Waals surface area contributed by atoms with Crippen LogP contribution in [-0.4, -0.2) is 53.0 Å². The topological polar surface area (TPSA) is 91.7 Å². The third-order valence-electron chi connectivity index (χ3n) is 7.22. The SMILES string of the molecule is NC(=O)/C=C/c1ccc(CN(CCOC(=O)N2CCc3ccccc3C2)CCc2c[nH]c3ccccc23)cc1. The maximum absolute atomic E-state index is 12.8. The van der Waals surface area contributed by atoms with Gasteiger partial charge in [0.2, 0.25) is 5.91 Å². The van der Waals surface area contributed by atoms with Gasteiger partial charge in [0, 0.05) is 55.9 Å². The van der Waals surface area contributed by atoms with Crippen LogP contribution >= 0.6 is 0 Å². The highest BCUT2D eigenvalue weighted by Crippen LogP contribution is 2.20. The van der Waals surface area contributed by atoms with E-state index in [4.69, 9.17) is 10.5 Å². The molecule has 7 nitrogen and oxygen atoms in total. The van der Waals surface area contributed by atoms with Crippen LogP contribution in [-0.2, 0) is 35.5 Å². The molecule has 200 valence electrons. The third kappa shape index (κ3) is 6.94. The van der Waals surface area contributed by atoms with Gasteiger partial charge in [-0.25, -0.2) is 4.79 Å². The Kier molecular flexibility index (Phi) is 8.39. The van der Waals surface area contributed by atoms with Gasteiger partial charge in [-0.3, -0.25) is 9.69 Å². The first-order chi connectivity index (χ1) is 19.0. The first kappa shape index (κ1) is 26.3. The minimum Gasteiger partial charge on any atom is -0.448 e. The van der Waals surface area contributed by atoms with Crippen molar-refractivity contribution < 1.29 is 14.3 Å². The molecular weight excluding hydrogens is 488 g/mol. The predicted molar refractivity (Wildman–Crippen MR) is 154 cm³/mol. The van der Waals surface area contributed by atoms with E-state index in [0.717, 1.165) is 42.6 Å². The second kappa shape index (κ2) is 12.5. The normalized spacial score (nSPS) is 13.2. The average Bonchev–Trinajstić information content (AvgIpc) is 3.38. The number of rotatable bonds is 10. The van der Waals surface area contributed by atoms with Crippen molar-refractivity contribution in [1.82, 2.24) is 14.8 Å². The average molecular weight is 523 g/mol. The van der Waals surface area contributed by atoms with Gasteiger partial charge in [0.1, 0.15) is 6.61 Å². The molecule has 39 heavy (non-hydrogen) atoms. The summed E-state index contributed by atoms with van der Waals surface area (Å²) in [5.74, 6) is -0.467. The van der Waals surface area contributed by atoms with E-state index >= 15 is 0 Å². The first-order valence-electron chi connectivity index (χ1n) is 13.4. The molecule has 0 saturated heterocycles. The molecule has 0 spiro atoms. The van der Waals surface area contributed by atoms with Gasteiger partial charge in [0.15, 0.2) is 0 Å². The number of carbonyl (C=O) groups excluding carboxylic acids is 2. The molecule has 0 atom stereocenters. The fraction of sp³-hybridized carbons (Fsp3) is 0.250. The van der Waals surface area contributed by atoms with E-state index in [1.807, 2.05) is 30.3 Å². The molecule has 3 aromatic carbocycles. The van der Waals surface area contributed by atoms with Crippen LogP contribution in [0.25, 0.3) is 17.0 Å². The van der Waals surface area contributed by atoms with Crippen molar-refractivity contribution in [2.24, 2.45) is 5.73 Å². The van der Waals surface area contributed by atoms with Crippen LogP contribution < -0.4 is 5.73 Å². The Morgan fingerprint density at radius 3 is 2.56 bits per heavy atom. The van der Waals surface area contributed by atoms with Crippen LogP contribution in [0.1, 0.15) is 27.8 Å². The number of nitrogens with two attached hydrogens (primary N) is 1. The zero-order valence-corrected chi connectivity index (χ0v) is 22.0. The molecule has 1 aromatic heterocycles. The number of nitrogens with zero attached hydrogens (tertiary/aromatic N) is 2. The summed E-state index contributed by atoms with van der Waals surface area (Å²) in [5.41, 5.74) is 12.2. The minimum atomic E-state index is -0.467. The predicted octanol–water partition coefficient (Wildman–Crippen LogP) is 4.91. The second-order valence-electron chi connectivity index (χ2n) is 9.92. The van der Waals surface area contributed by atoms with Crippen LogP contribution in [0.5, 0.6) is 0 Å². The number of ether oxygens (including phenoxy) is 1. The number of fused-ring (bicyclic) bond motifs is 2. The molecule has 0 aliphatic carbocycles. The molecule has 3 N–H and O–H groups in total. The molecule has 0 bridgehead atoms. The molecule has 1 aliphatic heterocycles. The molecule has 0 saturated carbocycles. The number of benzene rings is 3. The summed E-state index contributed by atoms with van der Waals surface area (Å²) in [6.07, 6.45) is 6.62. The zero-order valence-electron chi connectivity index (χ0n) is 22.0. The van der Waals surface area contributed by atoms with Crippen molar-refractivity contribution in [3.05, 3.63) is 113 Å². The van der Waals surface area contributed by atoms with E-state index in [0.29, 0.717) is 26.2 Å². The van der Waals surface area contributed by atoms with Gasteiger partial charge in [-0.1, -0.05) is 66.7 Å². The van der Waals surface area contributed by atoms with Gasteiger partial charge in [0.25, 0.3) is 0 Å². The van der Waals surface area contributed by atoms with Crippen molar-refractivity contribution in [2.75, 3.05) is 26.2 Å². The number of nitrogens with one attached hydrogen (secondary N) is 1. The van der Waals surface area contributed by atoms with Crippen LogP contribution in [0.2, 0.25) is 0 Å². The number of hydrogen-bond acceptors (Lipinski definition) is 4. The lowest BCUT2D eigenvalue weighted by molar-refractivity contribution is -0.113. The number of carbonyl (C=O) groups is 2. The summed E-state index contributed by atoms with van der Waals surface area (Å²) in [5, 5.41) is 1.24. The van der Waals surface area contributed by atoms with E-state index in [-0.39, 0.29) is 6.09 Å². The van der Waals surface area contributed by atoms with Crippen molar-refractivity contribution in [1.29, 1.82) is 0 Å². The third-order valence-corrected chi connectivity index (χ3v) is 7.22. The number of hydrogen-bond donors (Lipinski definition) is 2. The maximum Gasteiger partial charge on any atom is 0.410 e. The Bertz CT molecular complexity index is 1460. The zero-order chi connectivity index (χ0) is 27.0. The molecule has 2 heterocycles. The van der Waals surface area contributed by atoms with Crippen LogP contribution in [0, 0.1) is 0 Å². The van der Waals surface area contributed by atoms with E-state index in [9.17, 15) is 9.59 Å². The van der Waals surface area contributed by atoms with Gasteiger partial charge < -0.3 is 20.4 Å². The summed E-state index contributed by atoms with van der Waals surface area (Å²) < 4.78 is 5.73. The molecule has 0 radical (unpaired) electrons. The smallest absolute Gasteiger partial charge is 0.410 e. The van der Waals surface area contributed by atoms with Crippen molar-refractivity contribution in [2.45, 2.75) is 25.9 Å². The largest absolute Gasteiger partial charge is 0.448 e. The van der Waals surface area contributed by atoms with Crippen molar-refractivity contribution in [3.8, 4) is 0 Å². The highest BCUT2D eigenvalue weighted by molar-refractivity contribution is 5.90. The molecule has 7 heteroatoms. The fourth-order valence-corrected chi connectivity index (χ4v) is 5.06. The van der Waals surface area contributed by atoms with Crippen LogP contribution in [0.3, 0.4) is 0 Å². The fourth-order valence-electron chi connectivity index (χ4n) is 5.06. The van der Waals surface area contributed by atoms with Crippen molar-refractivity contribution in [3.63, 3.8) is 0 Å². The number of H-pyrrole nitrogens is 1. The maximum atomic E-state index is 12.8. The van der Waals surface area contributed by atoms with E-state index in [2.05, 4.69) is 58.5 Å². The minimum absolute atomic E-state index is 0.258. The Hall–Kier alpha value is -4.36. The van der Waals surface area contributed by atoms with Gasteiger partial charge in [0.05, 0.1) is 0 Å². The molecule has 5 rings (SSSR count).